The van der Waals surface area contributed by atoms with Crippen LogP contribution >= 0.6 is 0 Å². The van der Waals surface area contributed by atoms with Gasteiger partial charge in [0.05, 0.1) is 0 Å². The number of anilines is 1. The van der Waals surface area contributed by atoms with Crippen LogP contribution < -0.4 is 14.8 Å². The van der Waals surface area contributed by atoms with Crippen LogP contribution in [0.1, 0.15) is 25.3 Å². The summed E-state index contributed by atoms with van der Waals surface area (Å²) in [5.74, 6) is 3.28. The highest BCUT2D eigenvalue weighted by Gasteiger charge is 2.18. The molecule has 2 aromatic rings. The SMILES string of the molecule is C#CC(=C\C(=O)C(C)OC)/C=C/C(=O)Nc1ccccc1COc1ccc(OC2CCN(C)CC2)cc1. The molecule has 0 saturated carbocycles. The Bertz CT molecular complexity index is 1160. The minimum atomic E-state index is -0.611. The smallest absolute Gasteiger partial charge is 0.248 e. The summed E-state index contributed by atoms with van der Waals surface area (Å²) in [5, 5.41) is 2.84. The van der Waals surface area contributed by atoms with Gasteiger partial charge in [-0.25, -0.2) is 0 Å². The van der Waals surface area contributed by atoms with Crippen LogP contribution in [0.25, 0.3) is 0 Å². The molecule has 7 heteroatoms. The van der Waals surface area contributed by atoms with Crippen molar-refractivity contribution < 1.29 is 23.8 Å². The topological polar surface area (TPSA) is 77.1 Å². The van der Waals surface area contributed by atoms with E-state index < -0.39 is 6.10 Å². The maximum atomic E-state index is 12.5. The molecule has 1 amide bonds. The number of ether oxygens (including phenoxy) is 3. The lowest BCUT2D eigenvalue weighted by Crippen LogP contribution is -2.35. The summed E-state index contributed by atoms with van der Waals surface area (Å²) in [6.45, 7) is 3.99. The Hall–Kier alpha value is -3.86. The number of benzene rings is 2. The van der Waals surface area contributed by atoms with E-state index in [1.807, 2.05) is 42.5 Å². The van der Waals surface area contributed by atoms with E-state index in [1.54, 1.807) is 13.0 Å². The van der Waals surface area contributed by atoms with Crippen LogP contribution in [0, 0.1) is 12.3 Å². The number of ketones is 1. The first-order valence-corrected chi connectivity index (χ1v) is 12.3. The molecule has 1 unspecified atom stereocenters. The van der Waals surface area contributed by atoms with Crippen molar-refractivity contribution in [3.8, 4) is 23.8 Å². The molecule has 2 aromatic carbocycles. The van der Waals surface area contributed by atoms with Crippen LogP contribution in [0.15, 0.2) is 72.3 Å². The number of hydrogen-bond donors (Lipinski definition) is 1. The highest BCUT2D eigenvalue weighted by Crippen LogP contribution is 2.23. The molecule has 1 heterocycles. The Morgan fingerprint density at radius 1 is 1.11 bits per heavy atom. The number of nitrogens with zero attached hydrogens (tertiary/aromatic N) is 1. The van der Waals surface area contributed by atoms with Crippen LogP contribution in [0.5, 0.6) is 11.5 Å². The predicted molar refractivity (Wildman–Crippen MR) is 145 cm³/mol. The number of piperidine rings is 1. The maximum Gasteiger partial charge on any atom is 0.248 e. The molecule has 0 radical (unpaired) electrons. The van der Waals surface area contributed by atoms with Gasteiger partial charge >= 0.3 is 0 Å². The minimum Gasteiger partial charge on any atom is -0.490 e. The molecule has 0 aromatic heterocycles. The highest BCUT2D eigenvalue weighted by atomic mass is 16.5. The van der Waals surface area contributed by atoms with Gasteiger partial charge in [0.25, 0.3) is 0 Å². The van der Waals surface area contributed by atoms with Gasteiger partial charge in [0.15, 0.2) is 5.78 Å². The summed E-state index contributed by atoms with van der Waals surface area (Å²) in [6.07, 6.45) is 11.1. The summed E-state index contributed by atoms with van der Waals surface area (Å²) in [4.78, 5) is 26.8. The van der Waals surface area contributed by atoms with E-state index in [0.717, 1.165) is 37.2 Å². The van der Waals surface area contributed by atoms with Gasteiger partial charge in [-0.3, -0.25) is 9.59 Å². The average molecular weight is 503 g/mol. The zero-order valence-electron chi connectivity index (χ0n) is 21.6. The third-order valence-corrected chi connectivity index (χ3v) is 6.09. The van der Waals surface area contributed by atoms with E-state index in [0.29, 0.717) is 11.4 Å². The third kappa shape index (κ3) is 8.94. The molecule has 1 aliphatic rings. The molecular weight excluding hydrogens is 468 g/mol. The second kappa shape index (κ2) is 14.0. The van der Waals surface area contributed by atoms with Crippen LogP contribution in [0.3, 0.4) is 0 Å². The first-order chi connectivity index (χ1) is 17.9. The number of likely N-dealkylation sites (tertiary alicyclic amines) is 1. The molecule has 3 rings (SSSR count). The van der Waals surface area contributed by atoms with E-state index in [4.69, 9.17) is 20.6 Å². The predicted octanol–water partition coefficient (Wildman–Crippen LogP) is 4.40. The van der Waals surface area contributed by atoms with Crippen molar-refractivity contribution in [2.75, 3.05) is 32.6 Å². The second-order valence-electron chi connectivity index (χ2n) is 8.88. The molecule has 1 aliphatic heterocycles. The lowest BCUT2D eigenvalue weighted by Gasteiger charge is -2.29. The zero-order chi connectivity index (χ0) is 26.6. The van der Waals surface area contributed by atoms with E-state index in [2.05, 4.69) is 23.2 Å². The van der Waals surface area contributed by atoms with Gasteiger partial charge in [-0.2, -0.15) is 0 Å². The van der Waals surface area contributed by atoms with E-state index >= 15 is 0 Å². The largest absolute Gasteiger partial charge is 0.490 e. The molecule has 7 nitrogen and oxygen atoms in total. The number of allylic oxidation sites excluding steroid dienone is 2. The van der Waals surface area contributed by atoms with Crippen molar-refractivity contribution in [2.45, 2.75) is 38.6 Å². The van der Waals surface area contributed by atoms with Gasteiger partial charge in [0.2, 0.25) is 5.91 Å². The summed E-state index contributed by atoms with van der Waals surface area (Å²) in [5.41, 5.74) is 1.71. The maximum absolute atomic E-state index is 12.5. The van der Waals surface area contributed by atoms with E-state index in [-0.39, 0.29) is 30.0 Å². The first-order valence-electron chi connectivity index (χ1n) is 12.3. The fraction of sp³-hybridized carbons (Fsp3) is 0.333. The summed E-state index contributed by atoms with van der Waals surface area (Å²) in [7, 11) is 3.57. The number of methoxy groups -OCH3 is 1. The quantitative estimate of drug-likeness (QED) is 0.279. The van der Waals surface area contributed by atoms with Crippen molar-refractivity contribution in [3.05, 3.63) is 77.9 Å². The van der Waals surface area contributed by atoms with Gasteiger partial charge in [-0.15, -0.1) is 6.42 Å². The van der Waals surface area contributed by atoms with Gasteiger partial charge in [-0.05, 0) is 69.3 Å². The Kier molecular flexibility index (Phi) is 10.5. The lowest BCUT2D eigenvalue weighted by molar-refractivity contribution is -0.123. The zero-order valence-corrected chi connectivity index (χ0v) is 21.6. The standard InChI is InChI=1S/C30H34N2O5/c1-5-23(20-29(33)22(2)35-4)10-15-30(34)31-28-9-7-6-8-24(28)21-36-25-11-13-26(14-12-25)37-27-16-18-32(3)19-17-27/h1,6-15,20,22,27H,16-19,21H2,2-4H3,(H,31,34)/b15-10+,23-20+. The lowest BCUT2D eigenvalue weighted by atomic mass is 10.1. The highest BCUT2D eigenvalue weighted by molar-refractivity contribution is 6.00. The molecule has 1 N–H and O–H groups in total. The van der Waals surface area contributed by atoms with Gasteiger partial charge in [0, 0.05) is 43.1 Å². The van der Waals surface area contributed by atoms with Crippen LogP contribution in [0.4, 0.5) is 5.69 Å². The Morgan fingerprint density at radius 3 is 2.46 bits per heavy atom. The molecule has 1 fully saturated rings. The Morgan fingerprint density at radius 2 is 1.78 bits per heavy atom. The van der Waals surface area contributed by atoms with Crippen LogP contribution in [0.2, 0.25) is 0 Å². The third-order valence-electron chi connectivity index (χ3n) is 6.09. The molecular formula is C30H34N2O5. The van der Waals surface area contributed by atoms with Gasteiger partial charge < -0.3 is 24.4 Å². The molecule has 0 aliphatic carbocycles. The number of hydrogen-bond acceptors (Lipinski definition) is 6. The van der Waals surface area contributed by atoms with E-state index in [1.165, 1.54) is 25.3 Å². The molecule has 0 spiro atoms. The second-order valence-corrected chi connectivity index (χ2v) is 8.88. The fourth-order valence-electron chi connectivity index (χ4n) is 3.70. The van der Waals surface area contributed by atoms with Crippen molar-refractivity contribution in [1.29, 1.82) is 0 Å². The Labute approximate surface area is 219 Å². The monoisotopic (exact) mass is 502 g/mol. The summed E-state index contributed by atoms with van der Waals surface area (Å²) >= 11 is 0. The number of carbonyl (C=O) groups is 2. The van der Waals surface area contributed by atoms with Gasteiger partial charge in [0.1, 0.15) is 30.3 Å². The minimum absolute atomic E-state index is 0.245. The fourth-order valence-corrected chi connectivity index (χ4v) is 3.70. The van der Waals surface area contributed by atoms with Crippen LogP contribution in [-0.4, -0.2) is 56.0 Å². The first kappa shape index (κ1) is 27.7. The van der Waals surface area contributed by atoms with Crippen molar-refractivity contribution in [3.63, 3.8) is 0 Å². The normalized spacial score (nSPS) is 15.7. The molecule has 1 atom stereocenters. The van der Waals surface area contributed by atoms with Crippen molar-refractivity contribution in [1.82, 2.24) is 4.90 Å². The number of amides is 1. The summed E-state index contributed by atoms with van der Waals surface area (Å²) < 4.78 is 17.0. The number of nitrogens with one attached hydrogen (secondary N) is 1. The van der Waals surface area contributed by atoms with E-state index in [9.17, 15) is 9.59 Å². The van der Waals surface area contributed by atoms with Crippen molar-refractivity contribution in [2.24, 2.45) is 0 Å². The average Bonchev–Trinajstić information content (AvgIpc) is 2.92. The number of terminal acetylenes is 1. The molecule has 194 valence electrons. The van der Waals surface area contributed by atoms with Crippen LogP contribution in [-0.2, 0) is 20.9 Å². The molecule has 0 bridgehead atoms. The summed E-state index contributed by atoms with van der Waals surface area (Å²) in [6, 6.07) is 15.0. The van der Waals surface area contributed by atoms with Crippen molar-refractivity contribution >= 4 is 17.4 Å². The number of rotatable bonds is 11. The van der Waals surface area contributed by atoms with Gasteiger partial charge in [-0.1, -0.05) is 24.1 Å². The number of carbonyl (C=O) groups excluding carboxylic acids is 2. The molecule has 1 saturated heterocycles. The molecule has 37 heavy (non-hydrogen) atoms. The Balaban J connectivity index is 1.55. The number of para-hydroxylation sites is 1.